The summed E-state index contributed by atoms with van der Waals surface area (Å²) < 4.78 is 0. The Bertz CT molecular complexity index is 172. The van der Waals surface area contributed by atoms with Gasteiger partial charge >= 0.3 is 11.9 Å². The fourth-order valence-corrected chi connectivity index (χ4v) is 0. The molecule has 0 aliphatic heterocycles. The van der Waals surface area contributed by atoms with E-state index >= 15 is 0 Å². The van der Waals surface area contributed by atoms with Gasteiger partial charge in [0.2, 0.25) is 0 Å². The van der Waals surface area contributed by atoms with Gasteiger partial charge in [-0.05, 0) is 13.8 Å². The standard InChI is InChI=1S/2C4H6O2.Sr/c2*1-3(2)4(5)6;/h2*1H2,2H3,(H,5,6);. The van der Waals surface area contributed by atoms with E-state index < -0.39 is 11.9 Å². The molecule has 2 radical (unpaired) electrons. The molecule has 0 aromatic heterocycles. The Morgan fingerprint density at radius 3 is 1.00 bits per heavy atom. The Kier molecular flexibility index (Phi) is 14.3. The van der Waals surface area contributed by atoms with Gasteiger partial charge in [-0.25, -0.2) is 9.59 Å². The Labute approximate surface area is 114 Å². The normalized spacial score (nSPS) is 6.92. The van der Waals surface area contributed by atoms with Gasteiger partial charge in [0.1, 0.15) is 0 Å². The first-order valence-electron chi connectivity index (χ1n) is 3.06. The van der Waals surface area contributed by atoms with Gasteiger partial charge in [-0.2, -0.15) is 0 Å². The summed E-state index contributed by atoms with van der Waals surface area (Å²) in [5.74, 6) is -1.87. The van der Waals surface area contributed by atoms with Gasteiger partial charge in [-0.1, -0.05) is 13.2 Å². The van der Waals surface area contributed by atoms with Gasteiger partial charge in [0.05, 0.1) is 0 Å². The maximum absolute atomic E-state index is 9.60. The summed E-state index contributed by atoms with van der Waals surface area (Å²) in [5, 5.41) is 15.8. The van der Waals surface area contributed by atoms with E-state index in [-0.39, 0.29) is 56.6 Å². The van der Waals surface area contributed by atoms with Crippen molar-refractivity contribution < 1.29 is 19.8 Å². The third-order valence-corrected chi connectivity index (χ3v) is 0.730. The number of hydrogen-bond acceptors (Lipinski definition) is 2. The van der Waals surface area contributed by atoms with Crippen LogP contribution in [0, 0.1) is 0 Å². The quantitative estimate of drug-likeness (QED) is 0.571. The summed E-state index contributed by atoms with van der Waals surface area (Å²) >= 11 is 0. The van der Waals surface area contributed by atoms with E-state index in [1.54, 1.807) is 0 Å². The van der Waals surface area contributed by atoms with Gasteiger partial charge in [0.25, 0.3) is 0 Å². The second-order valence-corrected chi connectivity index (χ2v) is 2.17. The number of carbonyl (C=O) groups is 2. The molecule has 13 heavy (non-hydrogen) atoms. The van der Waals surface area contributed by atoms with Crippen molar-refractivity contribution in [1.82, 2.24) is 0 Å². The number of carboxylic acid groups (broad SMARTS) is 2. The molecule has 0 aromatic rings. The van der Waals surface area contributed by atoms with Crippen molar-refractivity contribution in [3.63, 3.8) is 0 Å². The van der Waals surface area contributed by atoms with Crippen LogP contribution in [0.1, 0.15) is 13.8 Å². The van der Waals surface area contributed by atoms with E-state index in [9.17, 15) is 9.59 Å². The second kappa shape index (κ2) is 9.98. The molecule has 0 aromatic carbocycles. The number of carboxylic acids is 2. The van der Waals surface area contributed by atoms with Crippen molar-refractivity contribution in [3.8, 4) is 0 Å². The van der Waals surface area contributed by atoms with Crippen LogP contribution in [-0.2, 0) is 9.59 Å². The van der Waals surface area contributed by atoms with Crippen LogP contribution in [0.2, 0.25) is 0 Å². The molecule has 0 saturated carbocycles. The third-order valence-electron chi connectivity index (χ3n) is 0.730. The first-order chi connectivity index (χ1) is 5.29. The fourth-order valence-electron chi connectivity index (χ4n) is 0. The van der Waals surface area contributed by atoms with E-state index in [1.165, 1.54) is 13.8 Å². The van der Waals surface area contributed by atoms with Crippen LogP contribution >= 0.6 is 0 Å². The zero-order chi connectivity index (χ0) is 10.3. The SMILES string of the molecule is C=C(C)C(=O)O.C=C(C)C(=O)O.[Sr]. The molecule has 4 nitrogen and oxygen atoms in total. The first-order valence-corrected chi connectivity index (χ1v) is 3.06. The summed E-state index contributed by atoms with van der Waals surface area (Å²) in [6.07, 6.45) is 0. The van der Waals surface area contributed by atoms with Crippen LogP contribution in [0.4, 0.5) is 0 Å². The first kappa shape index (κ1) is 18.6. The number of hydrogen-bond donors (Lipinski definition) is 2. The van der Waals surface area contributed by atoms with Gasteiger partial charge in [0.15, 0.2) is 0 Å². The monoisotopic (exact) mass is 260 g/mol. The minimum atomic E-state index is -0.935. The minimum absolute atomic E-state index is 0. The minimum Gasteiger partial charge on any atom is -0.478 e. The molecule has 0 rings (SSSR count). The van der Waals surface area contributed by atoms with E-state index in [1.807, 2.05) is 0 Å². The van der Waals surface area contributed by atoms with E-state index in [4.69, 9.17) is 10.2 Å². The average Bonchev–Trinajstić information content (AvgIpc) is 1.88. The van der Waals surface area contributed by atoms with E-state index in [0.717, 1.165) is 0 Å². The van der Waals surface area contributed by atoms with Crippen LogP contribution in [0.3, 0.4) is 0 Å². The number of aliphatic carboxylic acids is 2. The molecule has 0 bridgehead atoms. The molecule has 2 N–H and O–H groups in total. The van der Waals surface area contributed by atoms with Crippen molar-refractivity contribution >= 4 is 57.4 Å². The Morgan fingerprint density at radius 1 is 0.923 bits per heavy atom. The zero-order valence-corrected chi connectivity index (χ0v) is 11.3. The summed E-state index contributed by atoms with van der Waals surface area (Å²) in [4.78, 5) is 19.2. The summed E-state index contributed by atoms with van der Waals surface area (Å²) in [6.45, 7) is 9.20. The molecular weight excluding hydrogens is 248 g/mol. The van der Waals surface area contributed by atoms with Crippen LogP contribution in [0.5, 0.6) is 0 Å². The molecule has 0 heterocycles. The predicted octanol–water partition coefficient (Wildman–Crippen LogP) is 0.913. The van der Waals surface area contributed by atoms with Crippen molar-refractivity contribution in [1.29, 1.82) is 0 Å². The fraction of sp³-hybridized carbons (Fsp3) is 0.250. The van der Waals surface area contributed by atoms with Crippen LogP contribution < -0.4 is 0 Å². The van der Waals surface area contributed by atoms with Crippen LogP contribution in [0.25, 0.3) is 0 Å². The number of rotatable bonds is 2. The van der Waals surface area contributed by atoms with Gasteiger partial charge in [0, 0.05) is 56.6 Å². The van der Waals surface area contributed by atoms with Gasteiger partial charge < -0.3 is 10.2 Å². The third kappa shape index (κ3) is 18.7. The Balaban J connectivity index is -0.000000143. The smallest absolute Gasteiger partial charge is 0.330 e. The average molecular weight is 260 g/mol. The van der Waals surface area contributed by atoms with Crippen molar-refractivity contribution in [2.45, 2.75) is 13.8 Å². The van der Waals surface area contributed by atoms with E-state index in [2.05, 4.69) is 13.2 Å². The largest absolute Gasteiger partial charge is 0.478 e. The molecule has 5 heteroatoms. The second-order valence-electron chi connectivity index (χ2n) is 2.17. The molecule has 0 fully saturated rings. The van der Waals surface area contributed by atoms with Crippen molar-refractivity contribution in [3.05, 3.63) is 24.3 Å². The molecule has 0 spiro atoms. The Hall–Kier alpha value is -0.0995. The van der Waals surface area contributed by atoms with Crippen LogP contribution in [-0.4, -0.2) is 67.6 Å². The molecule has 0 aliphatic carbocycles. The van der Waals surface area contributed by atoms with Crippen molar-refractivity contribution in [2.75, 3.05) is 0 Å². The Morgan fingerprint density at radius 2 is 1.00 bits per heavy atom. The van der Waals surface area contributed by atoms with E-state index in [0.29, 0.717) is 0 Å². The molecular formula is C8H12O4Sr. The maximum atomic E-state index is 9.60. The summed E-state index contributed by atoms with van der Waals surface area (Å²) in [7, 11) is 0. The van der Waals surface area contributed by atoms with Gasteiger partial charge in [-0.3, -0.25) is 0 Å². The molecule has 0 unspecified atom stereocenters. The predicted molar refractivity (Wildman–Crippen MR) is 50.7 cm³/mol. The van der Waals surface area contributed by atoms with Crippen molar-refractivity contribution in [2.24, 2.45) is 0 Å². The molecule has 0 amide bonds. The summed E-state index contributed by atoms with van der Waals surface area (Å²) in [6, 6.07) is 0. The summed E-state index contributed by atoms with van der Waals surface area (Å²) in [5.41, 5.74) is 0.352. The molecule has 0 saturated heterocycles. The van der Waals surface area contributed by atoms with Gasteiger partial charge in [-0.15, -0.1) is 0 Å². The molecule has 70 valence electrons. The maximum Gasteiger partial charge on any atom is 0.330 e. The van der Waals surface area contributed by atoms with Crippen LogP contribution in [0.15, 0.2) is 24.3 Å². The zero-order valence-electron chi connectivity index (χ0n) is 7.83. The molecule has 0 aliphatic rings. The topological polar surface area (TPSA) is 74.6 Å². The molecule has 0 atom stereocenters.